The fraction of sp³-hybridized carbons (Fsp3) is 0.423. The highest BCUT2D eigenvalue weighted by Gasteiger charge is 2.23. The summed E-state index contributed by atoms with van der Waals surface area (Å²) in [5.74, 6) is -0.909. The highest BCUT2D eigenvalue weighted by Crippen LogP contribution is 2.21. The van der Waals surface area contributed by atoms with Gasteiger partial charge < -0.3 is 14.0 Å². The van der Waals surface area contributed by atoms with E-state index in [2.05, 4.69) is 4.99 Å². The summed E-state index contributed by atoms with van der Waals surface area (Å²) in [6, 6.07) is 11.1. The number of esters is 1. The zero-order valence-electron chi connectivity index (χ0n) is 21.6. The molecule has 0 radical (unpaired) electrons. The molecule has 1 amide bonds. The van der Waals surface area contributed by atoms with Crippen molar-refractivity contribution in [2.45, 2.75) is 45.1 Å². The summed E-state index contributed by atoms with van der Waals surface area (Å²) < 4.78 is 40.3. The number of benzene rings is 2. The third-order valence-corrected chi connectivity index (χ3v) is 8.79. The van der Waals surface area contributed by atoms with Gasteiger partial charge in [0.15, 0.2) is 4.80 Å². The largest absolute Gasteiger partial charge is 0.462 e. The SMILES string of the molecule is CCCCN(CC)S(=O)(=O)c1ccc(C(=O)N=c2sc3cc(C(=O)OCC)ccc3n2CCOC)cc1. The van der Waals surface area contributed by atoms with Crippen LogP contribution in [0.1, 0.15) is 54.3 Å². The van der Waals surface area contributed by atoms with Gasteiger partial charge >= 0.3 is 5.97 Å². The number of carbonyl (C=O) groups excluding carboxylic acids is 2. The third kappa shape index (κ3) is 6.72. The molecule has 11 heteroatoms. The molecule has 2 aromatic carbocycles. The van der Waals surface area contributed by atoms with Gasteiger partial charge in [0.05, 0.1) is 33.9 Å². The Kier molecular flexibility index (Phi) is 10.2. The van der Waals surface area contributed by atoms with Crippen LogP contribution in [0.3, 0.4) is 0 Å². The molecule has 0 atom stereocenters. The molecule has 37 heavy (non-hydrogen) atoms. The fourth-order valence-electron chi connectivity index (χ4n) is 3.75. The van der Waals surface area contributed by atoms with Crippen molar-refractivity contribution >= 4 is 43.5 Å². The van der Waals surface area contributed by atoms with E-state index in [9.17, 15) is 18.0 Å². The molecule has 3 aromatic rings. The predicted molar refractivity (Wildman–Crippen MR) is 143 cm³/mol. The van der Waals surface area contributed by atoms with Crippen LogP contribution in [0.5, 0.6) is 0 Å². The number of methoxy groups -OCH3 is 1. The molecule has 0 fully saturated rings. The molecular weight excluding hydrogens is 514 g/mol. The first-order valence-corrected chi connectivity index (χ1v) is 14.5. The summed E-state index contributed by atoms with van der Waals surface area (Å²) in [6.45, 7) is 7.55. The monoisotopic (exact) mass is 547 g/mol. The molecule has 0 unspecified atom stereocenters. The number of ether oxygens (including phenoxy) is 2. The van der Waals surface area contributed by atoms with E-state index < -0.39 is 21.9 Å². The Balaban J connectivity index is 1.95. The lowest BCUT2D eigenvalue weighted by molar-refractivity contribution is 0.0526. The molecular formula is C26H33N3O6S2. The number of sulfonamides is 1. The molecule has 0 spiro atoms. The van der Waals surface area contributed by atoms with Gasteiger partial charge in [-0.2, -0.15) is 9.30 Å². The highest BCUT2D eigenvalue weighted by atomic mass is 32.2. The topological polar surface area (TPSA) is 107 Å². The lowest BCUT2D eigenvalue weighted by Crippen LogP contribution is -2.31. The number of carbonyl (C=O) groups is 2. The van der Waals surface area contributed by atoms with E-state index in [1.165, 1.54) is 39.9 Å². The smallest absolute Gasteiger partial charge is 0.338 e. The van der Waals surface area contributed by atoms with Gasteiger partial charge in [-0.25, -0.2) is 13.2 Å². The van der Waals surface area contributed by atoms with E-state index in [4.69, 9.17) is 9.47 Å². The molecule has 0 aliphatic heterocycles. The second-order valence-electron chi connectivity index (χ2n) is 8.22. The average molecular weight is 548 g/mol. The Hall–Kier alpha value is -2.86. The van der Waals surface area contributed by atoms with Gasteiger partial charge in [0.25, 0.3) is 5.91 Å². The first kappa shape index (κ1) is 28.7. The second-order valence-corrected chi connectivity index (χ2v) is 11.2. The zero-order valence-corrected chi connectivity index (χ0v) is 23.2. The van der Waals surface area contributed by atoms with Crippen molar-refractivity contribution in [2.75, 3.05) is 33.4 Å². The van der Waals surface area contributed by atoms with E-state index >= 15 is 0 Å². The van der Waals surface area contributed by atoms with Crippen LogP contribution in [-0.4, -0.2) is 62.6 Å². The summed E-state index contributed by atoms with van der Waals surface area (Å²) in [4.78, 5) is 30.1. The van der Waals surface area contributed by atoms with E-state index in [0.29, 0.717) is 36.6 Å². The quantitative estimate of drug-likeness (QED) is 0.316. The summed E-state index contributed by atoms with van der Waals surface area (Å²) >= 11 is 1.28. The Bertz CT molecular complexity index is 1410. The Morgan fingerprint density at radius 2 is 1.76 bits per heavy atom. The molecule has 3 rings (SSSR count). The summed E-state index contributed by atoms with van der Waals surface area (Å²) in [5.41, 5.74) is 1.51. The van der Waals surface area contributed by atoms with Gasteiger partial charge in [-0.05, 0) is 55.8 Å². The number of aromatic nitrogens is 1. The van der Waals surface area contributed by atoms with Crippen LogP contribution in [0.4, 0.5) is 0 Å². The van der Waals surface area contributed by atoms with Crippen LogP contribution >= 0.6 is 11.3 Å². The minimum Gasteiger partial charge on any atom is -0.462 e. The number of fused-ring (bicyclic) bond motifs is 1. The molecule has 9 nitrogen and oxygen atoms in total. The lowest BCUT2D eigenvalue weighted by Gasteiger charge is -2.20. The first-order valence-electron chi connectivity index (χ1n) is 12.3. The number of rotatable bonds is 12. The van der Waals surface area contributed by atoms with Crippen LogP contribution in [0.25, 0.3) is 10.2 Å². The molecule has 200 valence electrons. The minimum atomic E-state index is -3.64. The fourth-order valence-corrected chi connectivity index (χ4v) is 6.33. The van der Waals surface area contributed by atoms with E-state index in [-0.39, 0.29) is 17.1 Å². The van der Waals surface area contributed by atoms with Gasteiger partial charge in [-0.1, -0.05) is 31.6 Å². The maximum atomic E-state index is 13.0. The van der Waals surface area contributed by atoms with Crippen LogP contribution in [0.15, 0.2) is 52.4 Å². The van der Waals surface area contributed by atoms with E-state index in [0.717, 1.165) is 23.1 Å². The summed E-state index contributed by atoms with van der Waals surface area (Å²) in [6.07, 6.45) is 1.68. The molecule has 0 aliphatic carbocycles. The predicted octanol–water partition coefficient (Wildman–Crippen LogP) is 4.08. The Labute approximate surface area is 221 Å². The van der Waals surface area contributed by atoms with Crippen molar-refractivity contribution in [3.63, 3.8) is 0 Å². The van der Waals surface area contributed by atoms with Crippen molar-refractivity contribution in [3.8, 4) is 0 Å². The number of hydrogen-bond donors (Lipinski definition) is 0. The molecule has 0 saturated heterocycles. The number of amides is 1. The molecule has 0 N–H and O–H groups in total. The zero-order chi connectivity index (χ0) is 27.0. The second kappa shape index (κ2) is 13.1. The van der Waals surface area contributed by atoms with Crippen molar-refractivity contribution in [2.24, 2.45) is 4.99 Å². The summed E-state index contributed by atoms with van der Waals surface area (Å²) in [7, 11) is -2.05. The van der Waals surface area contributed by atoms with E-state index in [1.807, 2.05) is 18.4 Å². The number of hydrogen-bond acceptors (Lipinski definition) is 7. The van der Waals surface area contributed by atoms with E-state index in [1.54, 1.807) is 32.2 Å². The van der Waals surface area contributed by atoms with Gasteiger partial charge in [0, 0.05) is 32.3 Å². The Morgan fingerprint density at radius 3 is 2.38 bits per heavy atom. The van der Waals surface area contributed by atoms with Gasteiger partial charge in [0.2, 0.25) is 10.0 Å². The molecule has 1 heterocycles. The number of unbranched alkanes of at least 4 members (excludes halogenated alkanes) is 1. The molecule has 0 aliphatic rings. The summed E-state index contributed by atoms with van der Waals surface area (Å²) in [5, 5.41) is 0. The van der Waals surface area contributed by atoms with Crippen molar-refractivity contribution < 1.29 is 27.5 Å². The molecule has 0 saturated carbocycles. The van der Waals surface area contributed by atoms with Crippen LogP contribution < -0.4 is 4.80 Å². The van der Waals surface area contributed by atoms with Gasteiger partial charge in [-0.3, -0.25) is 4.79 Å². The standard InChI is InChI=1S/C26H33N3O6S2/c1-5-8-15-28(6-2)37(32,33)21-12-9-19(10-13-21)24(30)27-26-29(16-17-34-4)22-14-11-20(18-23(22)36-26)25(31)35-7-3/h9-14,18H,5-8,15-17H2,1-4H3. The lowest BCUT2D eigenvalue weighted by atomic mass is 10.2. The van der Waals surface area contributed by atoms with Gasteiger partial charge in [0.1, 0.15) is 0 Å². The Morgan fingerprint density at radius 1 is 1.05 bits per heavy atom. The minimum absolute atomic E-state index is 0.144. The highest BCUT2D eigenvalue weighted by molar-refractivity contribution is 7.89. The molecule has 1 aromatic heterocycles. The van der Waals surface area contributed by atoms with Crippen LogP contribution in [-0.2, 0) is 26.0 Å². The van der Waals surface area contributed by atoms with Crippen LogP contribution in [0, 0.1) is 0 Å². The number of thiazole rings is 1. The maximum Gasteiger partial charge on any atom is 0.338 e. The average Bonchev–Trinajstić information content (AvgIpc) is 3.23. The number of nitrogens with zero attached hydrogens (tertiary/aromatic N) is 3. The van der Waals surface area contributed by atoms with Crippen molar-refractivity contribution in [1.29, 1.82) is 0 Å². The normalized spacial score (nSPS) is 12.4. The molecule has 0 bridgehead atoms. The van der Waals surface area contributed by atoms with Crippen molar-refractivity contribution in [3.05, 3.63) is 58.4 Å². The van der Waals surface area contributed by atoms with Crippen molar-refractivity contribution in [1.82, 2.24) is 8.87 Å². The third-order valence-electron chi connectivity index (χ3n) is 5.76. The van der Waals surface area contributed by atoms with Gasteiger partial charge in [-0.15, -0.1) is 0 Å². The maximum absolute atomic E-state index is 13.0. The first-order chi connectivity index (χ1) is 17.8. The van der Waals surface area contributed by atoms with Crippen LogP contribution in [0.2, 0.25) is 0 Å².